The first-order valence-electron chi connectivity index (χ1n) is 7.20. The Morgan fingerprint density at radius 3 is 2.78 bits per heavy atom. The van der Waals surface area contributed by atoms with Gasteiger partial charge in [-0.05, 0) is 31.5 Å². The molecular weight excluding hydrogens is 352 g/mol. The fourth-order valence-electron chi connectivity index (χ4n) is 1.72. The van der Waals surface area contributed by atoms with Crippen LogP contribution in [0.5, 0.6) is 0 Å². The summed E-state index contributed by atoms with van der Waals surface area (Å²) in [5.74, 6) is 2.38. The van der Waals surface area contributed by atoms with E-state index in [0.29, 0.717) is 11.7 Å². The standard InChI is InChI=1S/C15H19ClN4OS2/c1-10(23-9-12-3-5-13(16)6-4-12)14(21)17-7-8-22-15-18-11(2)19-20-15/h3-6,10H,7-9H2,1-2H3,(H,17,21)(H,18,19,20). The molecule has 0 aliphatic rings. The molecule has 2 aromatic rings. The lowest BCUT2D eigenvalue weighted by molar-refractivity contribution is -0.120. The van der Waals surface area contributed by atoms with Gasteiger partial charge in [0.15, 0.2) is 0 Å². The maximum Gasteiger partial charge on any atom is 0.232 e. The molecule has 0 fully saturated rings. The molecule has 124 valence electrons. The van der Waals surface area contributed by atoms with E-state index in [1.807, 2.05) is 38.1 Å². The summed E-state index contributed by atoms with van der Waals surface area (Å²) in [7, 11) is 0. The molecule has 1 heterocycles. The monoisotopic (exact) mass is 370 g/mol. The molecule has 2 N–H and O–H groups in total. The van der Waals surface area contributed by atoms with Crippen LogP contribution in [0.3, 0.4) is 0 Å². The first-order chi connectivity index (χ1) is 11.0. The van der Waals surface area contributed by atoms with Gasteiger partial charge in [-0.1, -0.05) is 35.5 Å². The summed E-state index contributed by atoms with van der Waals surface area (Å²) in [5, 5.41) is 11.1. The zero-order chi connectivity index (χ0) is 16.7. The van der Waals surface area contributed by atoms with Crippen molar-refractivity contribution in [1.29, 1.82) is 0 Å². The van der Waals surface area contributed by atoms with Crippen molar-refractivity contribution >= 4 is 41.0 Å². The number of nitrogens with zero attached hydrogens (tertiary/aromatic N) is 2. The van der Waals surface area contributed by atoms with Gasteiger partial charge in [-0.2, -0.15) is 0 Å². The summed E-state index contributed by atoms with van der Waals surface area (Å²) in [6.07, 6.45) is 0. The summed E-state index contributed by atoms with van der Waals surface area (Å²) in [4.78, 5) is 16.2. The van der Waals surface area contributed by atoms with Gasteiger partial charge in [0, 0.05) is 23.1 Å². The van der Waals surface area contributed by atoms with E-state index in [4.69, 9.17) is 11.6 Å². The number of carbonyl (C=O) groups is 1. The minimum atomic E-state index is -0.0959. The van der Waals surface area contributed by atoms with Gasteiger partial charge in [0.2, 0.25) is 11.1 Å². The van der Waals surface area contributed by atoms with Crippen molar-refractivity contribution in [3.05, 3.63) is 40.7 Å². The average Bonchev–Trinajstić information content (AvgIpc) is 2.96. The number of rotatable bonds is 8. The van der Waals surface area contributed by atoms with Crippen molar-refractivity contribution in [2.45, 2.75) is 30.0 Å². The summed E-state index contributed by atoms with van der Waals surface area (Å²) in [6, 6.07) is 7.69. The predicted molar refractivity (Wildman–Crippen MR) is 97.1 cm³/mol. The molecule has 2 rings (SSSR count). The Hall–Kier alpha value is -1.18. The zero-order valence-corrected chi connectivity index (χ0v) is 15.4. The molecule has 0 radical (unpaired) electrons. The number of carbonyl (C=O) groups excluding carboxylic acids is 1. The second-order valence-electron chi connectivity index (χ2n) is 4.92. The number of benzene rings is 1. The van der Waals surface area contributed by atoms with E-state index >= 15 is 0 Å². The maximum atomic E-state index is 12.0. The third kappa shape index (κ3) is 6.45. The number of aromatic amines is 1. The number of hydrogen-bond donors (Lipinski definition) is 2. The zero-order valence-electron chi connectivity index (χ0n) is 13.0. The van der Waals surface area contributed by atoms with Crippen molar-refractivity contribution < 1.29 is 4.79 Å². The van der Waals surface area contributed by atoms with Crippen LogP contribution in [-0.4, -0.2) is 38.6 Å². The van der Waals surface area contributed by atoms with Crippen LogP contribution in [0, 0.1) is 6.92 Å². The van der Waals surface area contributed by atoms with Crippen LogP contribution in [0.1, 0.15) is 18.3 Å². The largest absolute Gasteiger partial charge is 0.354 e. The maximum absolute atomic E-state index is 12.0. The number of thioether (sulfide) groups is 2. The lowest BCUT2D eigenvalue weighted by Gasteiger charge is -2.11. The molecule has 1 unspecified atom stereocenters. The van der Waals surface area contributed by atoms with Crippen LogP contribution in [0.15, 0.2) is 29.4 Å². The molecule has 0 saturated carbocycles. The van der Waals surface area contributed by atoms with E-state index in [1.165, 1.54) is 11.8 Å². The smallest absolute Gasteiger partial charge is 0.232 e. The van der Waals surface area contributed by atoms with Gasteiger partial charge in [-0.3, -0.25) is 9.89 Å². The van der Waals surface area contributed by atoms with Crippen molar-refractivity contribution in [3.63, 3.8) is 0 Å². The SMILES string of the molecule is Cc1nc(SCCNC(=O)C(C)SCc2ccc(Cl)cc2)n[nH]1. The Labute approximate surface area is 149 Å². The van der Waals surface area contributed by atoms with Gasteiger partial charge in [0.1, 0.15) is 5.82 Å². The second-order valence-corrected chi connectivity index (χ2v) is 7.75. The molecule has 0 spiro atoms. The molecular formula is C15H19ClN4OS2. The third-order valence-corrected chi connectivity index (χ3v) is 5.31. The Bertz CT molecular complexity index is 633. The van der Waals surface area contributed by atoms with Crippen LogP contribution >= 0.6 is 35.1 Å². The van der Waals surface area contributed by atoms with E-state index in [9.17, 15) is 4.79 Å². The summed E-state index contributed by atoms with van der Waals surface area (Å²) >= 11 is 8.99. The topological polar surface area (TPSA) is 70.7 Å². The number of hydrogen-bond acceptors (Lipinski definition) is 5. The Morgan fingerprint density at radius 1 is 1.39 bits per heavy atom. The lowest BCUT2D eigenvalue weighted by Crippen LogP contribution is -2.32. The van der Waals surface area contributed by atoms with E-state index < -0.39 is 0 Å². The van der Waals surface area contributed by atoms with E-state index in [-0.39, 0.29) is 11.2 Å². The molecule has 0 bridgehead atoms. The highest BCUT2D eigenvalue weighted by Crippen LogP contribution is 2.19. The van der Waals surface area contributed by atoms with Crippen molar-refractivity contribution in [2.24, 2.45) is 0 Å². The van der Waals surface area contributed by atoms with Crippen LogP contribution in [0.4, 0.5) is 0 Å². The van der Waals surface area contributed by atoms with Crippen molar-refractivity contribution in [3.8, 4) is 0 Å². The fraction of sp³-hybridized carbons (Fsp3) is 0.400. The van der Waals surface area contributed by atoms with E-state index in [2.05, 4.69) is 20.5 Å². The van der Waals surface area contributed by atoms with Gasteiger partial charge in [-0.15, -0.1) is 16.9 Å². The summed E-state index contributed by atoms with van der Waals surface area (Å²) < 4.78 is 0. The molecule has 1 aromatic carbocycles. The third-order valence-electron chi connectivity index (χ3n) is 2.99. The van der Waals surface area contributed by atoms with Gasteiger partial charge >= 0.3 is 0 Å². The second kappa shape index (κ2) is 9.20. The number of aryl methyl sites for hydroxylation is 1. The fourth-order valence-corrected chi connectivity index (χ4v) is 3.42. The van der Waals surface area contributed by atoms with Gasteiger partial charge in [0.25, 0.3) is 0 Å². The lowest BCUT2D eigenvalue weighted by atomic mass is 10.2. The normalized spacial score (nSPS) is 12.1. The Balaban J connectivity index is 1.63. The van der Waals surface area contributed by atoms with Gasteiger partial charge in [-0.25, -0.2) is 4.98 Å². The number of aromatic nitrogens is 3. The molecule has 0 aliphatic heterocycles. The van der Waals surface area contributed by atoms with Gasteiger partial charge < -0.3 is 5.32 Å². The first kappa shape index (κ1) is 18.2. The van der Waals surface area contributed by atoms with Crippen LogP contribution in [-0.2, 0) is 10.5 Å². The first-order valence-corrected chi connectivity index (χ1v) is 9.61. The average molecular weight is 371 g/mol. The van der Waals surface area contributed by atoms with E-state index in [0.717, 1.165) is 27.9 Å². The Kier molecular flexibility index (Phi) is 7.26. The quantitative estimate of drug-likeness (QED) is 0.551. The summed E-state index contributed by atoms with van der Waals surface area (Å²) in [6.45, 7) is 4.38. The predicted octanol–water partition coefficient (Wildman–Crippen LogP) is 3.30. The molecule has 1 atom stereocenters. The molecule has 8 heteroatoms. The molecule has 1 amide bonds. The van der Waals surface area contributed by atoms with Crippen LogP contribution in [0.2, 0.25) is 5.02 Å². The number of amides is 1. The number of H-pyrrole nitrogens is 1. The molecule has 1 aromatic heterocycles. The minimum absolute atomic E-state index is 0.0516. The molecule has 0 aliphatic carbocycles. The van der Waals surface area contributed by atoms with Crippen LogP contribution < -0.4 is 5.32 Å². The minimum Gasteiger partial charge on any atom is -0.354 e. The van der Waals surface area contributed by atoms with Crippen molar-refractivity contribution in [2.75, 3.05) is 12.3 Å². The molecule has 0 saturated heterocycles. The number of halogens is 1. The molecule has 23 heavy (non-hydrogen) atoms. The highest BCUT2D eigenvalue weighted by Gasteiger charge is 2.13. The van der Waals surface area contributed by atoms with Crippen LogP contribution in [0.25, 0.3) is 0 Å². The highest BCUT2D eigenvalue weighted by molar-refractivity contribution is 7.99. The molecule has 5 nitrogen and oxygen atoms in total. The number of nitrogens with one attached hydrogen (secondary N) is 2. The van der Waals surface area contributed by atoms with Crippen molar-refractivity contribution in [1.82, 2.24) is 20.5 Å². The summed E-state index contributed by atoms with van der Waals surface area (Å²) in [5.41, 5.74) is 1.16. The van der Waals surface area contributed by atoms with Gasteiger partial charge in [0.05, 0.1) is 5.25 Å². The highest BCUT2D eigenvalue weighted by atomic mass is 35.5. The van der Waals surface area contributed by atoms with E-state index in [1.54, 1.807) is 11.8 Å². The Morgan fingerprint density at radius 2 is 2.13 bits per heavy atom.